The molecular formula is C23H22F2N6O3S. The van der Waals surface area contributed by atoms with Crippen LogP contribution in [0.1, 0.15) is 22.6 Å². The Bertz CT molecular complexity index is 1560. The fraction of sp³-hybridized carbons (Fsp3) is 0.261. The molecule has 0 radical (unpaired) electrons. The van der Waals surface area contributed by atoms with Gasteiger partial charge in [-0.1, -0.05) is 0 Å². The first-order valence-electron chi connectivity index (χ1n) is 10.9. The molecule has 182 valence electrons. The summed E-state index contributed by atoms with van der Waals surface area (Å²) in [4.78, 5) is 18.6. The number of sulfone groups is 1. The molecule has 1 aliphatic rings. The van der Waals surface area contributed by atoms with E-state index < -0.39 is 27.4 Å². The lowest BCUT2D eigenvalue weighted by atomic mass is 10.2. The highest BCUT2D eigenvalue weighted by atomic mass is 32.2. The summed E-state index contributed by atoms with van der Waals surface area (Å²) in [6.45, 7) is 2.36. The lowest BCUT2D eigenvalue weighted by Crippen LogP contribution is -2.38. The van der Waals surface area contributed by atoms with Crippen molar-refractivity contribution in [1.29, 1.82) is 0 Å². The second kappa shape index (κ2) is 8.45. The van der Waals surface area contributed by atoms with Crippen molar-refractivity contribution in [2.75, 3.05) is 18.0 Å². The van der Waals surface area contributed by atoms with Crippen LogP contribution in [0.3, 0.4) is 0 Å². The highest BCUT2D eigenvalue weighted by Gasteiger charge is 2.30. The largest absolute Gasteiger partial charge is 0.352 e. The molecular weight excluding hydrogens is 478 g/mol. The third kappa shape index (κ3) is 4.03. The van der Waals surface area contributed by atoms with E-state index in [9.17, 15) is 22.0 Å². The molecule has 35 heavy (non-hydrogen) atoms. The molecule has 2 N–H and O–H groups in total. The van der Waals surface area contributed by atoms with Gasteiger partial charge in [0.05, 0.1) is 27.7 Å². The van der Waals surface area contributed by atoms with Crippen molar-refractivity contribution in [2.24, 2.45) is 7.05 Å². The third-order valence-corrected chi connectivity index (χ3v) is 8.21. The molecule has 3 aromatic heterocycles. The van der Waals surface area contributed by atoms with Crippen molar-refractivity contribution < 1.29 is 22.0 Å². The Morgan fingerprint density at radius 3 is 2.77 bits per heavy atom. The number of carbonyl (C=O) groups is 1. The van der Waals surface area contributed by atoms with Crippen LogP contribution in [-0.2, 0) is 16.9 Å². The number of benzene rings is 1. The average Bonchev–Trinajstić information content (AvgIpc) is 3.53. The smallest absolute Gasteiger partial charge is 0.268 e. The number of hydrogen-bond donors (Lipinski definition) is 2. The van der Waals surface area contributed by atoms with Gasteiger partial charge in [0, 0.05) is 43.3 Å². The molecule has 0 aliphatic carbocycles. The Morgan fingerprint density at radius 2 is 2.00 bits per heavy atom. The van der Waals surface area contributed by atoms with E-state index in [0.29, 0.717) is 30.6 Å². The lowest BCUT2D eigenvalue weighted by molar-refractivity contribution is 0.0932. The van der Waals surface area contributed by atoms with E-state index in [1.807, 2.05) is 0 Å². The number of aromatic nitrogens is 4. The van der Waals surface area contributed by atoms with Gasteiger partial charge in [-0.15, -0.1) is 0 Å². The van der Waals surface area contributed by atoms with Gasteiger partial charge in [-0.25, -0.2) is 22.2 Å². The predicted octanol–water partition coefficient (Wildman–Crippen LogP) is 2.72. The fourth-order valence-electron chi connectivity index (χ4n) is 4.35. The molecule has 0 bridgehead atoms. The first-order chi connectivity index (χ1) is 16.6. The van der Waals surface area contributed by atoms with Crippen molar-refractivity contribution in [2.45, 2.75) is 29.2 Å². The Hall–Kier alpha value is -3.80. The molecule has 0 saturated carbocycles. The zero-order chi connectivity index (χ0) is 24.9. The minimum Gasteiger partial charge on any atom is -0.352 e. The molecule has 12 heteroatoms. The molecule has 4 aromatic rings. The summed E-state index contributed by atoms with van der Waals surface area (Å²) in [5.74, 6) is -1.94. The standard InChI is InChI=1S/C23H22F2N6O3S/c1-13-21(35(33,34)17-3-4-19-14(7-17)10-27-29-19)9-20(30(13)2)23(32)28-16-5-6-31(12-16)22-18(25)8-15(24)11-26-22/h3-4,7-11,16H,5-6,12H2,1-2H3,(H,27,29)(H,28,32)/t16-/m1/s1. The second-order valence-corrected chi connectivity index (χ2v) is 10.4. The summed E-state index contributed by atoms with van der Waals surface area (Å²) in [6.07, 6.45) is 3.02. The molecule has 5 rings (SSSR count). The molecule has 9 nitrogen and oxygen atoms in total. The summed E-state index contributed by atoms with van der Waals surface area (Å²) >= 11 is 0. The molecule has 0 spiro atoms. The normalized spacial score (nSPS) is 16.2. The van der Waals surface area contributed by atoms with Crippen LogP contribution >= 0.6 is 0 Å². The number of carbonyl (C=O) groups excluding carboxylic acids is 1. The highest BCUT2D eigenvalue weighted by Crippen LogP contribution is 2.29. The number of fused-ring (bicyclic) bond motifs is 1. The zero-order valence-corrected chi connectivity index (χ0v) is 19.7. The Labute approximate surface area is 199 Å². The number of anilines is 1. The maximum absolute atomic E-state index is 14.1. The molecule has 1 aromatic carbocycles. The van der Waals surface area contributed by atoms with Crippen LogP contribution in [0.2, 0.25) is 0 Å². The quantitative estimate of drug-likeness (QED) is 0.436. The van der Waals surface area contributed by atoms with Crippen LogP contribution in [0.15, 0.2) is 52.5 Å². The molecule has 1 atom stereocenters. The third-order valence-electron chi connectivity index (χ3n) is 6.34. The summed E-state index contributed by atoms with van der Waals surface area (Å²) in [7, 11) is -2.26. The van der Waals surface area contributed by atoms with Gasteiger partial charge in [-0.2, -0.15) is 5.10 Å². The minimum atomic E-state index is -3.89. The summed E-state index contributed by atoms with van der Waals surface area (Å²) in [6, 6.07) is 6.51. The maximum atomic E-state index is 14.1. The molecule has 1 aliphatic heterocycles. The van der Waals surface area contributed by atoms with E-state index in [1.165, 1.54) is 22.8 Å². The van der Waals surface area contributed by atoms with Crippen LogP contribution in [0.5, 0.6) is 0 Å². The Kier molecular flexibility index (Phi) is 5.55. The number of halogens is 2. The SMILES string of the molecule is Cc1c(S(=O)(=O)c2ccc3[nH]ncc3c2)cc(C(=O)N[C@@H]2CCN(c3ncc(F)cc3F)C2)n1C. The van der Waals surface area contributed by atoms with Crippen molar-refractivity contribution in [1.82, 2.24) is 25.1 Å². The number of aromatic amines is 1. The number of hydrogen-bond acceptors (Lipinski definition) is 6. The van der Waals surface area contributed by atoms with E-state index >= 15 is 0 Å². The number of nitrogens with one attached hydrogen (secondary N) is 2. The van der Waals surface area contributed by atoms with Crippen molar-refractivity contribution in [3.05, 3.63) is 65.7 Å². The van der Waals surface area contributed by atoms with Crippen LogP contribution in [0.25, 0.3) is 10.9 Å². The van der Waals surface area contributed by atoms with Gasteiger partial charge < -0.3 is 14.8 Å². The van der Waals surface area contributed by atoms with Crippen molar-refractivity contribution in [3.8, 4) is 0 Å². The van der Waals surface area contributed by atoms with Gasteiger partial charge in [0.15, 0.2) is 11.6 Å². The maximum Gasteiger partial charge on any atom is 0.268 e. The topological polar surface area (TPSA) is 113 Å². The van der Waals surface area contributed by atoms with Gasteiger partial charge in [-0.3, -0.25) is 9.89 Å². The number of amides is 1. The highest BCUT2D eigenvalue weighted by molar-refractivity contribution is 7.91. The predicted molar refractivity (Wildman–Crippen MR) is 124 cm³/mol. The lowest BCUT2D eigenvalue weighted by Gasteiger charge is -2.18. The van der Waals surface area contributed by atoms with Crippen molar-refractivity contribution in [3.63, 3.8) is 0 Å². The molecule has 1 saturated heterocycles. The Morgan fingerprint density at radius 1 is 1.20 bits per heavy atom. The van der Waals surface area contributed by atoms with Gasteiger partial charge in [0.25, 0.3) is 5.91 Å². The molecule has 4 heterocycles. The van der Waals surface area contributed by atoms with E-state index in [-0.39, 0.29) is 27.3 Å². The van der Waals surface area contributed by atoms with Gasteiger partial charge >= 0.3 is 0 Å². The van der Waals surface area contributed by atoms with E-state index in [4.69, 9.17) is 0 Å². The monoisotopic (exact) mass is 500 g/mol. The van der Waals surface area contributed by atoms with Crippen molar-refractivity contribution >= 4 is 32.5 Å². The first-order valence-corrected chi connectivity index (χ1v) is 12.3. The number of rotatable bonds is 5. The number of pyridine rings is 1. The molecule has 1 amide bonds. The summed E-state index contributed by atoms with van der Waals surface area (Å²) < 4.78 is 55.5. The van der Waals surface area contributed by atoms with E-state index in [1.54, 1.807) is 31.1 Å². The van der Waals surface area contributed by atoms with Gasteiger partial charge in [0.1, 0.15) is 11.5 Å². The molecule has 0 unspecified atom stereocenters. The van der Waals surface area contributed by atoms with E-state index in [2.05, 4.69) is 20.5 Å². The first kappa shape index (κ1) is 23.0. The number of H-pyrrole nitrogens is 1. The van der Waals surface area contributed by atoms with Crippen LogP contribution in [-0.4, -0.2) is 53.2 Å². The second-order valence-electron chi connectivity index (χ2n) is 8.52. The Balaban J connectivity index is 1.36. The zero-order valence-electron chi connectivity index (χ0n) is 18.9. The van der Waals surface area contributed by atoms with Gasteiger partial charge in [-0.05, 0) is 37.6 Å². The average molecular weight is 501 g/mol. The fourth-order valence-corrected chi connectivity index (χ4v) is 5.92. The summed E-state index contributed by atoms with van der Waals surface area (Å²) in [5.41, 5.74) is 1.33. The van der Waals surface area contributed by atoms with Gasteiger partial charge in [0.2, 0.25) is 9.84 Å². The van der Waals surface area contributed by atoms with E-state index in [0.717, 1.165) is 17.8 Å². The van der Waals surface area contributed by atoms with Crippen LogP contribution < -0.4 is 10.2 Å². The summed E-state index contributed by atoms with van der Waals surface area (Å²) in [5, 5.41) is 10.2. The van der Waals surface area contributed by atoms with Crippen LogP contribution in [0.4, 0.5) is 14.6 Å². The van der Waals surface area contributed by atoms with Crippen LogP contribution in [0, 0.1) is 18.6 Å². The minimum absolute atomic E-state index is 0.0285. The number of nitrogens with zero attached hydrogens (tertiary/aromatic N) is 4. The molecule has 1 fully saturated rings.